The topological polar surface area (TPSA) is 0 Å². The maximum atomic E-state index is 3.59. The molecule has 0 aromatic rings. The Morgan fingerprint density at radius 2 is 1.83 bits per heavy atom. The normalized spacial score (nSPS) is 11.2. The van der Waals surface area contributed by atoms with E-state index in [0.717, 1.165) is 0 Å². The predicted molar refractivity (Wildman–Crippen MR) is 33.2 cm³/mol. The molecule has 0 aromatic carbocycles. The molecule has 6 heavy (non-hydrogen) atoms. The van der Waals surface area contributed by atoms with E-state index < -0.39 is 0 Å². The molecule has 0 heterocycles. The first-order chi connectivity index (χ1) is 2.56. The van der Waals surface area contributed by atoms with Crippen LogP contribution in [0.15, 0.2) is 12.7 Å². The quantitative estimate of drug-likeness (QED) is 0.396. The predicted octanol–water partition coefficient (Wildman–Crippen LogP) is 2.35. The largest absolute Gasteiger partial charge is 0.102 e. The fourth-order valence-electron chi connectivity index (χ4n) is 0. The zero-order valence-electron chi connectivity index (χ0n) is 4.16. The van der Waals surface area contributed by atoms with Gasteiger partial charge in [-0.05, 0) is 13.8 Å². The van der Waals surface area contributed by atoms with Crippen LogP contribution in [-0.2, 0) is 0 Å². The Morgan fingerprint density at radius 3 is 1.83 bits per heavy atom. The Morgan fingerprint density at radius 1 is 1.67 bits per heavy atom. The van der Waals surface area contributed by atoms with E-state index >= 15 is 0 Å². The van der Waals surface area contributed by atoms with Crippen molar-refractivity contribution in [3.63, 3.8) is 0 Å². The maximum absolute atomic E-state index is 3.59. The number of allylic oxidation sites excluding steroid dienone is 1. The molecule has 0 bridgehead atoms. The molecule has 0 spiro atoms. The smallest absolute Gasteiger partial charge is 0.0377 e. The van der Waals surface area contributed by atoms with Crippen LogP contribution >= 0.6 is 15.9 Å². The van der Waals surface area contributed by atoms with Gasteiger partial charge in [0, 0.05) is 4.32 Å². The Kier molecular flexibility index (Phi) is 1.85. The van der Waals surface area contributed by atoms with Crippen molar-refractivity contribution in [3.05, 3.63) is 12.7 Å². The summed E-state index contributed by atoms with van der Waals surface area (Å²) in [6, 6.07) is 0. The van der Waals surface area contributed by atoms with Crippen LogP contribution in [0.25, 0.3) is 0 Å². The Hall–Kier alpha value is 0.220. The number of halogens is 1. The highest BCUT2D eigenvalue weighted by molar-refractivity contribution is 9.10. The molecule has 1 heteroatoms. The summed E-state index contributed by atoms with van der Waals surface area (Å²) < 4.78 is 0.118. The monoisotopic (exact) mass is 148 g/mol. The average Bonchev–Trinajstić information content (AvgIpc) is 1.35. The summed E-state index contributed by atoms with van der Waals surface area (Å²) in [4.78, 5) is 0. The summed E-state index contributed by atoms with van der Waals surface area (Å²) in [6.45, 7) is 7.67. The van der Waals surface area contributed by atoms with Crippen molar-refractivity contribution >= 4 is 15.9 Å². The zero-order chi connectivity index (χ0) is 5.21. The third kappa shape index (κ3) is 4.22. The lowest BCUT2D eigenvalue weighted by molar-refractivity contribution is 0.924. The fraction of sp³-hybridized carbons (Fsp3) is 0.600. The molecule has 0 aliphatic heterocycles. The summed E-state index contributed by atoms with van der Waals surface area (Å²) in [5, 5.41) is 0. The second-order valence-electron chi connectivity index (χ2n) is 1.77. The van der Waals surface area contributed by atoms with Crippen LogP contribution < -0.4 is 0 Å². The summed E-state index contributed by atoms with van der Waals surface area (Å²) >= 11 is 3.36. The molecular formula is C5H9Br. The van der Waals surface area contributed by atoms with Crippen molar-refractivity contribution in [1.29, 1.82) is 0 Å². The molecule has 0 aliphatic carbocycles. The maximum Gasteiger partial charge on any atom is 0.0377 e. The van der Waals surface area contributed by atoms with Crippen molar-refractivity contribution in [1.82, 2.24) is 0 Å². The van der Waals surface area contributed by atoms with Crippen molar-refractivity contribution in [2.24, 2.45) is 0 Å². The molecule has 0 saturated heterocycles. The molecule has 0 unspecified atom stereocenters. The van der Waals surface area contributed by atoms with Crippen molar-refractivity contribution in [3.8, 4) is 0 Å². The first kappa shape index (κ1) is 6.22. The van der Waals surface area contributed by atoms with E-state index in [-0.39, 0.29) is 4.32 Å². The van der Waals surface area contributed by atoms with Gasteiger partial charge >= 0.3 is 0 Å². The third-order valence-corrected chi connectivity index (χ3v) is 0.809. The Balaban J connectivity index is 3.45. The van der Waals surface area contributed by atoms with Crippen LogP contribution in [0.1, 0.15) is 13.8 Å². The number of hydrogen-bond donors (Lipinski definition) is 0. The van der Waals surface area contributed by atoms with Gasteiger partial charge < -0.3 is 0 Å². The molecule has 0 atom stereocenters. The molecule has 0 aromatic heterocycles. The molecule has 0 N–H and O–H groups in total. The number of alkyl halides is 1. The molecule has 0 rings (SSSR count). The van der Waals surface area contributed by atoms with Gasteiger partial charge in [-0.2, -0.15) is 0 Å². The lowest BCUT2D eigenvalue weighted by Gasteiger charge is -2.05. The van der Waals surface area contributed by atoms with E-state index in [1.165, 1.54) is 0 Å². The van der Waals surface area contributed by atoms with E-state index in [2.05, 4.69) is 22.5 Å². The van der Waals surface area contributed by atoms with Crippen LogP contribution in [0.4, 0.5) is 0 Å². The lowest BCUT2D eigenvalue weighted by Crippen LogP contribution is -2.00. The van der Waals surface area contributed by atoms with Gasteiger partial charge in [-0.25, -0.2) is 0 Å². The molecule has 0 amide bonds. The molecule has 0 nitrogen and oxygen atoms in total. The number of rotatable bonds is 1. The average molecular weight is 149 g/mol. The molecular weight excluding hydrogens is 140 g/mol. The van der Waals surface area contributed by atoms with E-state index in [1.807, 2.05) is 19.9 Å². The Labute approximate surface area is 47.4 Å². The summed E-state index contributed by atoms with van der Waals surface area (Å²) in [5.41, 5.74) is 0. The number of hydrogen-bond acceptors (Lipinski definition) is 0. The van der Waals surface area contributed by atoms with Gasteiger partial charge in [0.15, 0.2) is 0 Å². The molecule has 0 saturated carbocycles. The second kappa shape index (κ2) is 1.78. The molecule has 36 valence electrons. The van der Waals surface area contributed by atoms with E-state index in [0.29, 0.717) is 0 Å². The molecule has 0 aliphatic rings. The summed E-state index contributed by atoms with van der Waals surface area (Å²) in [5.74, 6) is 0. The SMILES string of the molecule is C=CC(C)(C)Br. The van der Waals surface area contributed by atoms with Crippen LogP contribution in [0.3, 0.4) is 0 Å². The van der Waals surface area contributed by atoms with Gasteiger partial charge in [0.05, 0.1) is 0 Å². The van der Waals surface area contributed by atoms with Crippen LogP contribution in [-0.4, -0.2) is 4.32 Å². The van der Waals surface area contributed by atoms with Gasteiger partial charge in [-0.3, -0.25) is 0 Å². The third-order valence-electron chi connectivity index (χ3n) is 0.485. The van der Waals surface area contributed by atoms with Crippen LogP contribution in [0, 0.1) is 0 Å². The van der Waals surface area contributed by atoms with Crippen molar-refractivity contribution < 1.29 is 0 Å². The highest BCUT2D eigenvalue weighted by Crippen LogP contribution is 2.14. The van der Waals surface area contributed by atoms with Crippen molar-refractivity contribution in [2.45, 2.75) is 18.2 Å². The van der Waals surface area contributed by atoms with E-state index in [9.17, 15) is 0 Å². The lowest BCUT2D eigenvalue weighted by atomic mass is 10.2. The Bertz CT molecular complexity index is 49.4. The highest BCUT2D eigenvalue weighted by Gasteiger charge is 2.02. The minimum Gasteiger partial charge on any atom is -0.102 e. The van der Waals surface area contributed by atoms with Crippen LogP contribution in [0.5, 0.6) is 0 Å². The summed E-state index contributed by atoms with van der Waals surface area (Å²) in [6.07, 6.45) is 1.85. The van der Waals surface area contributed by atoms with Gasteiger partial charge in [0.1, 0.15) is 0 Å². The van der Waals surface area contributed by atoms with Crippen LogP contribution in [0.2, 0.25) is 0 Å². The van der Waals surface area contributed by atoms with Gasteiger partial charge in [0.2, 0.25) is 0 Å². The first-order valence-electron chi connectivity index (χ1n) is 1.89. The molecule has 0 fully saturated rings. The van der Waals surface area contributed by atoms with Gasteiger partial charge in [-0.1, -0.05) is 22.0 Å². The standard InChI is InChI=1S/C5H9Br/c1-4-5(2,3)6/h4H,1H2,2-3H3. The molecule has 0 radical (unpaired) electrons. The minimum absolute atomic E-state index is 0.118. The highest BCUT2D eigenvalue weighted by atomic mass is 79.9. The zero-order valence-corrected chi connectivity index (χ0v) is 5.75. The van der Waals surface area contributed by atoms with Gasteiger partial charge in [0.25, 0.3) is 0 Å². The van der Waals surface area contributed by atoms with E-state index in [1.54, 1.807) is 0 Å². The van der Waals surface area contributed by atoms with Crippen molar-refractivity contribution in [2.75, 3.05) is 0 Å². The first-order valence-corrected chi connectivity index (χ1v) is 2.68. The second-order valence-corrected chi connectivity index (χ2v) is 3.81. The van der Waals surface area contributed by atoms with Gasteiger partial charge in [-0.15, -0.1) is 6.58 Å². The van der Waals surface area contributed by atoms with E-state index in [4.69, 9.17) is 0 Å². The minimum atomic E-state index is 0.118. The summed E-state index contributed by atoms with van der Waals surface area (Å²) in [7, 11) is 0. The fourth-order valence-corrected chi connectivity index (χ4v) is 0.